The topological polar surface area (TPSA) is 21.9 Å². The van der Waals surface area contributed by atoms with Crippen molar-refractivity contribution >= 4 is 87.3 Å². The summed E-state index contributed by atoms with van der Waals surface area (Å²) in [7, 11) is 0. The van der Waals surface area contributed by atoms with Gasteiger partial charge < -0.3 is 14.5 Å². The molecule has 0 aliphatic heterocycles. The minimum absolute atomic E-state index is 1.05. The highest BCUT2D eigenvalue weighted by atomic mass is 15.0. The molecule has 12 aromatic rings. The number of nitrogens with one attached hydrogen (secondary N) is 1. The predicted molar refractivity (Wildman–Crippen MR) is 243 cm³/mol. The lowest BCUT2D eigenvalue weighted by Gasteiger charge is -2.14. The highest BCUT2D eigenvalue weighted by molar-refractivity contribution is 6.25. The first-order valence-electron chi connectivity index (χ1n) is 19.6. The standard InChI is InChI=1S/C54H35N3/c1-2-12-39(13-3-1)56-51-20-10-8-18-46(51)48-29-24-36(32-53(48)56)35-22-25-37(26-23-35)55-38-27-30-49-47-19-9-11-21-52(47)57(54(49)33-38)40-28-31-45-43-16-5-4-14-41(43)42-15-6-7-17-44(42)50(45)34-40/h1-34,55H. The van der Waals surface area contributed by atoms with E-state index in [9.17, 15) is 0 Å². The Morgan fingerprint density at radius 1 is 0.246 bits per heavy atom. The third-order valence-electron chi connectivity index (χ3n) is 11.9. The van der Waals surface area contributed by atoms with Crippen LogP contribution in [0.2, 0.25) is 0 Å². The van der Waals surface area contributed by atoms with Gasteiger partial charge in [0.1, 0.15) is 0 Å². The zero-order valence-electron chi connectivity index (χ0n) is 31.0. The molecule has 0 saturated carbocycles. The molecule has 0 aliphatic carbocycles. The van der Waals surface area contributed by atoms with Gasteiger partial charge in [0.05, 0.1) is 22.1 Å². The number of rotatable bonds is 5. The van der Waals surface area contributed by atoms with Gasteiger partial charge in [0.15, 0.2) is 0 Å². The van der Waals surface area contributed by atoms with Gasteiger partial charge in [0, 0.05) is 44.3 Å². The van der Waals surface area contributed by atoms with E-state index < -0.39 is 0 Å². The normalized spacial score (nSPS) is 11.9. The van der Waals surface area contributed by atoms with Gasteiger partial charge in [-0.15, -0.1) is 0 Å². The molecule has 0 bridgehead atoms. The number of nitrogens with zero attached hydrogens (tertiary/aromatic N) is 2. The maximum absolute atomic E-state index is 3.73. The van der Waals surface area contributed by atoms with Crippen LogP contribution in [0.5, 0.6) is 0 Å². The first-order chi connectivity index (χ1) is 28.3. The van der Waals surface area contributed by atoms with Crippen LogP contribution < -0.4 is 5.32 Å². The van der Waals surface area contributed by atoms with E-state index in [0.717, 1.165) is 17.1 Å². The molecule has 3 nitrogen and oxygen atoms in total. The third kappa shape index (κ3) is 4.92. The molecule has 0 radical (unpaired) electrons. The summed E-state index contributed by atoms with van der Waals surface area (Å²) in [6, 6.07) is 75.0. The second kappa shape index (κ2) is 12.5. The summed E-state index contributed by atoms with van der Waals surface area (Å²) < 4.78 is 4.80. The van der Waals surface area contributed by atoms with E-state index in [0.29, 0.717) is 0 Å². The van der Waals surface area contributed by atoms with E-state index in [1.54, 1.807) is 0 Å². The van der Waals surface area contributed by atoms with E-state index >= 15 is 0 Å². The molecule has 57 heavy (non-hydrogen) atoms. The van der Waals surface area contributed by atoms with Gasteiger partial charge in [-0.3, -0.25) is 0 Å². The molecule has 0 fully saturated rings. The lowest BCUT2D eigenvalue weighted by Crippen LogP contribution is -1.96. The zero-order chi connectivity index (χ0) is 37.5. The summed E-state index contributed by atoms with van der Waals surface area (Å²) in [6.07, 6.45) is 0. The molecule has 0 amide bonds. The SMILES string of the molecule is c1ccc(-n2c3ccccc3c3ccc(-c4ccc(Nc5ccc6c7ccccc7n(-c7ccc8c9ccccc9c9ccccc9c8c7)c6c5)cc4)cc32)cc1. The number of fused-ring (bicyclic) bond motifs is 12. The summed E-state index contributed by atoms with van der Waals surface area (Å²) in [5.74, 6) is 0. The Labute approximate surface area is 329 Å². The zero-order valence-corrected chi connectivity index (χ0v) is 31.0. The monoisotopic (exact) mass is 725 g/mol. The van der Waals surface area contributed by atoms with Crippen molar-refractivity contribution in [1.82, 2.24) is 9.13 Å². The van der Waals surface area contributed by atoms with Crippen LogP contribution in [-0.4, -0.2) is 9.13 Å². The quantitative estimate of drug-likeness (QED) is 0.175. The van der Waals surface area contributed by atoms with Crippen LogP contribution in [0.1, 0.15) is 0 Å². The van der Waals surface area contributed by atoms with Crippen LogP contribution in [0.3, 0.4) is 0 Å². The summed E-state index contributed by atoms with van der Waals surface area (Å²) in [5.41, 5.74) is 11.6. The molecule has 0 atom stereocenters. The Kier molecular flexibility index (Phi) is 6.93. The summed E-state index contributed by atoms with van der Waals surface area (Å²) in [4.78, 5) is 0. The van der Waals surface area contributed by atoms with E-state index in [4.69, 9.17) is 0 Å². The maximum Gasteiger partial charge on any atom is 0.0561 e. The Balaban J connectivity index is 0.935. The first-order valence-corrected chi connectivity index (χ1v) is 19.6. The lowest BCUT2D eigenvalue weighted by molar-refractivity contribution is 1.18. The predicted octanol–water partition coefficient (Wildman–Crippen LogP) is 14.8. The molecule has 3 heteroatoms. The number of hydrogen-bond donors (Lipinski definition) is 1. The average molecular weight is 726 g/mol. The van der Waals surface area contributed by atoms with Crippen LogP contribution in [0.25, 0.3) is 98.4 Å². The van der Waals surface area contributed by atoms with Crippen molar-refractivity contribution in [2.75, 3.05) is 5.32 Å². The Morgan fingerprint density at radius 3 is 1.33 bits per heavy atom. The minimum Gasteiger partial charge on any atom is -0.355 e. The highest BCUT2D eigenvalue weighted by Gasteiger charge is 2.16. The van der Waals surface area contributed by atoms with Crippen molar-refractivity contribution in [3.05, 3.63) is 206 Å². The molecular formula is C54H35N3. The van der Waals surface area contributed by atoms with Crippen LogP contribution in [0, 0.1) is 0 Å². The number of para-hydroxylation sites is 3. The van der Waals surface area contributed by atoms with Crippen molar-refractivity contribution in [3.8, 4) is 22.5 Å². The molecule has 266 valence electrons. The van der Waals surface area contributed by atoms with Gasteiger partial charge in [0.2, 0.25) is 0 Å². The van der Waals surface area contributed by atoms with Crippen molar-refractivity contribution in [3.63, 3.8) is 0 Å². The van der Waals surface area contributed by atoms with Gasteiger partial charge in [0.25, 0.3) is 0 Å². The first kappa shape index (κ1) is 31.7. The fourth-order valence-electron chi connectivity index (χ4n) is 9.28. The van der Waals surface area contributed by atoms with Crippen molar-refractivity contribution in [1.29, 1.82) is 0 Å². The van der Waals surface area contributed by atoms with Crippen molar-refractivity contribution in [2.45, 2.75) is 0 Å². The number of hydrogen-bond acceptors (Lipinski definition) is 1. The largest absolute Gasteiger partial charge is 0.355 e. The molecule has 0 saturated heterocycles. The van der Waals surface area contributed by atoms with Gasteiger partial charge >= 0.3 is 0 Å². The summed E-state index contributed by atoms with van der Waals surface area (Å²) >= 11 is 0. The smallest absolute Gasteiger partial charge is 0.0561 e. The molecule has 10 aromatic carbocycles. The Hall–Kier alpha value is -7.62. The van der Waals surface area contributed by atoms with Crippen LogP contribution in [0.15, 0.2) is 206 Å². The molecule has 12 rings (SSSR count). The average Bonchev–Trinajstić information content (AvgIpc) is 3.79. The summed E-state index contributed by atoms with van der Waals surface area (Å²) in [6.45, 7) is 0. The lowest BCUT2D eigenvalue weighted by atomic mass is 9.94. The fraction of sp³-hybridized carbons (Fsp3) is 0. The summed E-state index contributed by atoms with van der Waals surface area (Å²) in [5, 5.41) is 16.4. The van der Waals surface area contributed by atoms with Crippen LogP contribution >= 0.6 is 0 Å². The minimum atomic E-state index is 1.05. The molecule has 2 aromatic heterocycles. The van der Waals surface area contributed by atoms with Crippen LogP contribution in [-0.2, 0) is 0 Å². The number of anilines is 2. The molecule has 2 heterocycles. The molecular weight excluding hydrogens is 691 g/mol. The van der Waals surface area contributed by atoms with Gasteiger partial charge in [-0.25, -0.2) is 0 Å². The third-order valence-corrected chi connectivity index (χ3v) is 11.9. The van der Waals surface area contributed by atoms with Crippen molar-refractivity contribution < 1.29 is 0 Å². The molecule has 1 N–H and O–H groups in total. The van der Waals surface area contributed by atoms with Gasteiger partial charge in [-0.1, -0.05) is 140 Å². The van der Waals surface area contributed by atoms with E-state index in [-0.39, 0.29) is 0 Å². The second-order valence-electron chi connectivity index (χ2n) is 15.0. The van der Waals surface area contributed by atoms with Crippen LogP contribution in [0.4, 0.5) is 11.4 Å². The fourth-order valence-corrected chi connectivity index (χ4v) is 9.28. The van der Waals surface area contributed by atoms with Gasteiger partial charge in [-0.05, 0) is 110 Å². The Bertz CT molecular complexity index is 3500. The number of aromatic nitrogens is 2. The molecule has 0 aliphatic rings. The number of benzene rings is 10. The van der Waals surface area contributed by atoms with E-state index in [2.05, 4.69) is 221 Å². The van der Waals surface area contributed by atoms with Gasteiger partial charge in [-0.2, -0.15) is 0 Å². The highest BCUT2D eigenvalue weighted by Crippen LogP contribution is 2.40. The Morgan fingerprint density at radius 2 is 0.684 bits per heavy atom. The van der Waals surface area contributed by atoms with Crippen molar-refractivity contribution in [2.24, 2.45) is 0 Å². The second-order valence-corrected chi connectivity index (χ2v) is 15.0. The molecule has 0 spiro atoms. The molecule has 0 unspecified atom stereocenters. The van der Waals surface area contributed by atoms with E-state index in [1.807, 2.05) is 0 Å². The maximum atomic E-state index is 3.73. The van der Waals surface area contributed by atoms with E-state index in [1.165, 1.54) is 92.7 Å².